The molecule has 0 fully saturated rings. The number of hydrogen-bond donors (Lipinski definition) is 0. The quantitative estimate of drug-likeness (QED) is 0.352. The van der Waals surface area contributed by atoms with Crippen LogP contribution in [0.2, 0.25) is 0 Å². The molecule has 0 N–H and O–H groups in total. The Bertz CT molecular complexity index is 1320. The van der Waals surface area contributed by atoms with E-state index in [0.717, 1.165) is 71.3 Å². The maximum atomic E-state index is 5.09. The first-order chi connectivity index (χ1) is 16.5. The van der Waals surface area contributed by atoms with E-state index < -0.39 is 0 Å². The summed E-state index contributed by atoms with van der Waals surface area (Å²) in [6, 6.07) is 22.7. The molecule has 0 aliphatic heterocycles. The van der Waals surface area contributed by atoms with E-state index in [1.807, 2.05) is 24.3 Å². The van der Waals surface area contributed by atoms with Crippen LogP contribution in [0.25, 0.3) is 45.1 Å². The fraction of sp³-hybridized carbons (Fsp3) is 0.296. The summed E-state index contributed by atoms with van der Waals surface area (Å²) in [4.78, 5) is 19.4. The second kappa shape index (κ2) is 9.37. The third-order valence-corrected chi connectivity index (χ3v) is 6.06. The lowest BCUT2D eigenvalue weighted by atomic mass is 10.2. The van der Waals surface area contributed by atoms with Crippen molar-refractivity contribution in [3.8, 4) is 23.0 Å². The van der Waals surface area contributed by atoms with Gasteiger partial charge in [0.15, 0.2) is 11.6 Å². The molecular formula is C27H31N7. The minimum atomic E-state index is 0.843. The van der Waals surface area contributed by atoms with Gasteiger partial charge < -0.3 is 18.9 Å². The smallest absolute Gasteiger partial charge is 0.159 e. The first-order valence-electron chi connectivity index (χ1n) is 11.7. The molecular weight excluding hydrogens is 422 g/mol. The summed E-state index contributed by atoms with van der Waals surface area (Å²) in [5.74, 6) is 1.78. The highest BCUT2D eigenvalue weighted by molar-refractivity contribution is 5.82. The van der Waals surface area contributed by atoms with Gasteiger partial charge in [0, 0.05) is 26.2 Å². The van der Waals surface area contributed by atoms with Crippen molar-refractivity contribution in [1.29, 1.82) is 0 Å². The summed E-state index contributed by atoms with van der Waals surface area (Å²) in [7, 11) is 8.37. The molecule has 0 radical (unpaired) electrons. The highest BCUT2D eigenvalue weighted by Gasteiger charge is 2.17. The average molecular weight is 454 g/mol. The monoisotopic (exact) mass is 453 g/mol. The van der Waals surface area contributed by atoms with Gasteiger partial charge >= 0.3 is 0 Å². The first-order valence-corrected chi connectivity index (χ1v) is 11.7. The van der Waals surface area contributed by atoms with E-state index in [1.54, 1.807) is 0 Å². The zero-order chi connectivity index (χ0) is 23.7. The van der Waals surface area contributed by atoms with Crippen LogP contribution in [0.3, 0.4) is 0 Å². The van der Waals surface area contributed by atoms with Crippen molar-refractivity contribution in [3.05, 3.63) is 66.7 Å². The molecule has 0 aliphatic carbocycles. The zero-order valence-electron chi connectivity index (χ0n) is 20.3. The molecule has 0 spiro atoms. The second-order valence-electron chi connectivity index (χ2n) is 9.17. The van der Waals surface area contributed by atoms with E-state index in [4.69, 9.17) is 15.0 Å². The topological polar surface area (TPSA) is 55.0 Å². The lowest BCUT2D eigenvalue weighted by Gasteiger charge is -2.14. The number of imidazole rings is 2. The molecule has 174 valence electrons. The van der Waals surface area contributed by atoms with Gasteiger partial charge in [-0.3, -0.25) is 0 Å². The number of hydrogen-bond acceptors (Lipinski definition) is 5. The molecule has 2 aromatic carbocycles. The fourth-order valence-electron chi connectivity index (χ4n) is 4.28. The number of fused-ring (bicyclic) bond motifs is 2. The van der Waals surface area contributed by atoms with Gasteiger partial charge in [-0.15, -0.1) is 0 Å². The molecule has 3 aromatic heterocycles. The van der Waals surface area contributed by atoms with Crippen LogP contribution < -0.4 is 0 Å². The van der Waals surface area contributed by atoms with E-state index in [1.165, 1.54) is 0 Å². The first kappa shape index (κ1) is 22.3. The summed E-state index contributed by atoms with van der Waals surface area (Å²) in [6.45, 7) is 3.53. The highest BCUT2D eigenvalue weighted by atomic mass is 15.2. The molecule has 5 rings (SSSR count). The van der Waals surface area contributed by atoms with Crippen molar-refractivity contribution < 1.29 is 0 Å². The predicted molar refractivity (Wildman–Crippen MR) is 139 cm³/mol. The normalized spacial score (nSPS) is 11.9. The molecule has 7 heteroatoms. The molecule has 5 aromatic rings. The molecule has 7 nitrogen and oxygen atoms in total. The van der Waals surface area contributed by atoms with Crippen LogP contribution in [0.5, 0.6) is 0 Å². The number of likely N-dealkylation sites (N-methyl/N-ethyl adjacent to an activating group) is 2. The van der Waals surface area contributed by atoms with Gasteiger partial charge in [0.1, 0.15) is 11.4 Å². The minimum absolute atomic E-state index is 0.843. The Hall–Kier alpha value is -3.55. The Morgan fingerprint density at radius 2 is 1.00 bits per heavy atom. The van der Waals surface area contributed by atoms with E-state index in [-0.39, 0.29) is 0 Å². The zero-order valence-corrected chi connectivity index (χ0v) is 20.3. The van der Waals surface area contributed by atoms with Crippen LogP contribution in [0, 0.1) is 0 Å². The van der Waals surface area contributed by atoms with Gasteiger partial charge in [0.25, 0.3) is 0 Å². The fourth-order valence-corrected chi connectivity index (χ4v) is 4.28. The van der Waals surface area contributed by atoms with Crippen molar-refractivity contribution >= 4 is 22.1 Å². The average Bonchev–Trinajstić information content (AvgIpc) is 3.40. The van der Waals surface area contributed by atoms with Gasteiger partial charge in [-0.2, -0.15) is 0 Å². The Labute approximate surface area is 200 Å². The summed E-state index contributed by atoms with van der Waals surface area (Å²) in [6.07, 6.45) is 0. The SMILES string of the molecule is CN(C)CCn1c(-c2cccc(-c3nc4ccccc4n3CCN(C)C)n2)nc2ccccc21. The largest absolute Gasteiger partial charge is 0.321 e. The lowest BCUT2D eigenvalue weighted by molar-refractivity contribution is 0.387. The number of benzene rings is 2. The highest BCUT2D eigenvalue weighted by Crippen LogP contribution is 2.28. The summed E-state index contributed by atoms with van der Waals surface area (Å²) in [5.41, 5.74) is 5.95. The van der Waals surface area contributed by atoms with Crippen LogP contribution in [-0.2, 0) is 13.1 Å². The van der Waals surface area contributed by atoms with E-state index in [9.17, 15) is 0 Å². The molecule has 0 amide bonds. The van der Waals surface area contributed by atoms with Crippen molar-refractivity contribution in [2.45, 2.75) is 13.1 Å². The molecule has 0 aliphatic rings. The van der Waals surface area contributed by atoms with E-state index in [2.05, 4.69) is 89.6 Å². The van der Waals surface area contributed by atoms with Crippen LogP contribution in [-0.4, -0.2) is 75.2 Å². The number of aromatic nitrogens is 5. The van der Waals surface area contributed by atoms with Crippen LogP contribution in [0.15, 0.2) is 66.7 Å². The van der Waals surface area contributed by atoms with Gasteiger partial charge in [-0.1, -0.05) is 30.3 Å². The molecule has 0 saturated heterocycles. The Morgan fingerprint density at radius 3 is 1.44 bits per heavy atom. The van der Waals surface area contributed by atoms with Crippen molar-refractivity contribution in [3.63, 3.8) is 0 Å². The van der Waals surface area contributed by atoms with E-state index in [0.29, 0.717) is 0 Å². The molecule has 0 bridgehead atoms. The number of nitrogens with zero attached hydrogens (tertiary/aromatic N) is 7. The Morgan fingerprint density at radius 1 is 0.559 bits per heavy atom. The number of para-hydroxylation sites is 4. The minimum Gasteiger partial charge on any atom is -0.321 e. The third-order valence-electron chi connectivity index (χ3n) is 6.06. The Kier molecular flexibility index (Phi) is 6.13. The summed E-state index contributed by atoms with van der Waals surface area (Å²) < 4.78 is 4.55. The molecule has 0 unspecified atom stereocenters. The van der Waals surface area contributed by atoms with Gasteiger partial charge in [-0.25, -0.2) is 15.0 Å². The molecule has 3 heterocycles. The summed E-state index contributed by atoms with van der Waals surface area (Å²) >= 11 is 0. The van der Waals surface area contributed by atoms with Crippen molar-refractivity contribution in [1.82, 2.24) is 33.9 Å². The van der Waals surface area contributed by atoms with Crippen LogP contribution in [0.1, 0.15) is 0 Å². The molecule has 0 atom stereocenters. The molecule has 34 heavy (non-hydrogen) atoms. The number of rotatable bonds is 8. The van der Waals surface area contributed by atoms with Gasteiger partial charge in [-0.05, 0) is 64.6 Å². The summed E-state index contributed by atoms with van der Waals surface area (Å²) in [5, 5.41) is 0. The van der Waals surface area contributed by atoms with E-state index >= 15 is 0 Å². The van der Waals surface area contributed by atoms with Crippen LogP contribution >= 0.6 is 0 Å². The predicted octanol–water partition coefficient (Wildman–Crippen LogP) is 4.24. The van der Waals surface area contributed by atoms with Crippen molar-refractivity contribution in [2.24, 2.45) is 0 Å². The maximum Gasteiger partial charge on any atom is 0.159 e. The standard InChI is InChI=1S/C27H31N7/c1-31(2)16-18-33-24-14-7-5-10-20(24)29-26(33)22-12-9-13-23(28-22)27-30-21-11-6-8-15-25(21)34(27)19-17-32(3)4/h5-15H,16-19H2,1-4H3. The van der Waals surface area contributed by atoms with Gasteiger partial charge in [0.2, 0.25) is 0 Å². The lowest BCUT2D eigenvalue weighted by Crippen LogP contribution is -2.19. The molecule has 0 saturated carbocycles. The number of pyridine rings is 1. The van der Waals surface area contributed by atoms with Crippen LogP contribution in [0.4, 0.5) is 0 Å². The Balaban J connectivity index is 1.62. The van der Waals surface area contributed by atoms with Crippen molar-refractivity contribution in [2.75, 3.05) is 41.3 Å². The van der Waals surface area contributed by atoms with Gasteiger partial charge in [0.05, 0.1) is 22.1 Å². The second-order valence-corrected chi connectivity index (χ2v) is 9.17. The maximum absolute atomic E-state index is 5.09. The third kappa shape index (κ3) is 4.32.